The van der Waals surface area contributed by atoms with Crippen LogP contribution in [-0.2, 0) is 12.0 Å². The van der Waals surface area contributed by atoms with Crippen molar-refractivity contribution < 1.29 is 4.52 Å². The third kappa shape index (κ3) is 3.58. The fourth-order valence-corrected chi connectivity index (χ4v) is 2.11. The minimum Gasteiger partial charge on any atom is -0.338 e. The van der Waals surface area contributed by atoms with Gasteiger partial charge < -0.3 is 9.84 Å². The van der Waals surface area contributed by atoms with Gasteiger partial charge in [-0.25, -0.2) is 0 Å². The summed E-state index contributed by atoms with van der Waals surface area (Å²) in [5.41, 5.74) is 0.959. The topological polar surface area (TPSA) is 51.0 Å². The minimum atomic E-state index is -0.101. The zero-order valence-corrected chi connectivity index (χ0v) is 13.0. The highest BCUT2D eigenvalue weighted by Gasteiger charge is 2.21. The van der Waals surface area contributed by atoms with Crippen LogP contribution in [0.2, 0.25) is 5.02 Å². The molecule has 0 aliphatic heterocycles. The van der Waals surface area contributed by atoms with Crippen molar-refractivity contribution in [1.82, 2.24) is 15.5 Å². The second-order valence-electron chi connectivity index (χ2n) is 5.89. The first-order valence-electron chi connectivity index (χ1n) is 6.69. The molecule has 2 rings (SSSR count). The number of hydrogen-bond donors (Lipinski definition) is 1. The van der Waals surface area contributed by atoms with Crippen molar-refractivity contribution in [2.75, 3.05) is 0 Å². The van der Waals surface area contributed by atoms with Crippen molar-refractivity contribution in [1.29, 1.82) is 0 Å². The summed E-state index contributed by atoms with van der Waals surface area (Å²) in [6.07, 6.45) is 0. The van der Waals surface area contributed by atoms with E-state index in [1.54, 1.807) is 0 Å². The molecule has 0 radical (unpaired) electrons. The van der Waals surface area contributed by atoms with E-state index in [0.717, 1.165) is 16.4 Å². The van der Waals surface area contributed by atoms with Crippen LogP contribution in [0.3, 0.4) is 0 Å². The van der Waals surface area contributed by atoms with Gasteiger partial charge in [0.05, 0.1) is 6.54 Å². The molecule has 1 aromatic heterocycles. The van der Waals surface area contributed by atoms with Crippen LogP contribution in [0, 0.1) is 0 Å². The summed E-state index contributed by atoms with van der Waals surface area (Å²) in [6.45, 7) is 8.75. The highest BCUT2D eigenvalue weighted by Crippen LogP contribution is 2.23. The summed E-state index contributed by atoms with van der Waals surface area (Å²) < 4.78 is 5.25. The van der Waals surface area contributed by atoms with Crippen LogP contribution in [-0.4, -0.2) is 10.1 Å². The van der Waals surface area contributed by atoms with Gasteiger partial charge in [-0.15, -0.1) is 0 Å². The molecule has 0 fully saturated rings. The Bertz CT molecular complexity index is 574. The molecule has 0 aliphatic rings. The van der Waals surface area contributed by atoms with E-state index in [1.807, 2.05) is 24.3 Å². The molecule has 1 heterocycles. The highest BCUT2D eigenvalue weighted by atomic mass is 35.5. The Hall–Kier alpha value is -1.39. The van der Waals surface area contributed by atoms with E-state index in [-0.39, 0.29) is 11.5 Å². The summed E-state index contributed by atoms with van der Waals surface area (Å²) >= 11 is 6.17. The van der Waals surface area contributed by atoms with Crippen LogP contribution in [0.5, 0.6) is 0 Å². The van der Waals surface area contributed by atoms with E-state index >= 15 is 0 Å². The second-order valence-corrected chi connectivity index (χ2v) is 6.29. The first kappa shape index (κ1) is 15.0. The maximum Gasteiger partial charge on any atom is 0.240 e. The number of hydrogen-bond acceptors (Lipinski definition) is 4. The summed E-state index contributed by atoms with van der Waals surface area (Å²) in [7, 11) is 0. The lowest BCUT2D eigenvalue weighted by molar-refractivity contribution is 0.349. The van der Waals surface area contributed by atoms with E-state index in [9.17, 15) is 0 Å². The van der Waals surface area contributed by atoms with Gasteiger partial charge in [0.25, 0.3) is 0 Å². The third-order valence-corrected chi connectivity index (χ3v) is 3.41. The van der Waals surface area contributed by atoms with E-state index in [0.29, 0.717) is 12.4 Å². The molecule has 0 saturated carbocycles. The lowest BCUT2D eigenvalue weighted by Crippen LogP contribution is -2.19. The van der Waals surface area contributed by atoms with Crippen LogP contribution in [0.25, 0.3) is 0 Å². The van der Waals surface area contributed by atoms with Crippen molar-refractivity contribution in [2.45, 2.75) is 45.7 Å². The average molecular weight is 294 g/mol. The first-order valence-corrected chi connectivity index (χ1v) is 7.06. The normalized spacial score (nSPS) is 13.4. The van der Waals surface area contributed by atoms with Gasteiger partial charge >= 0.3 is 0 Å². The SMILES string of the molecule is CC(NCc1nc(C(C)(C)C)no1)c1ccccc1Cl. The molecule has 1 aromatic carbocycles. The maximum atomic E-state index is 6.17. The Labute approximate surface area is 124 Å². The third-order valence-electron chi connectivity index (χ3n) is 3.07. The molecule has 0 aliphatic carbocycles. The Morgan fingerprint density at radius 1 is 1.30 bits per heavy atom. The molecule has 1 N–H and O–H groups in total. The lowest BCUT2D eigenvalue weighted by atomic mass is 9.96. The Morgan fingerprint density at radius 2 is 2.00 bits per heavy atom. The van der Waals surface area contributed by atoms with Crippen molar-refractivity contribution in [3.8, 4) is 0 Å². The van der Waals surface area contributed by atoms with Crippen molar-refractivity contribution >= 4 is 11.6 Å². The van der Waals surface area contributed by atoms with Crippen LogP contribution in [0.15, 0.2) is 28.8 Å². The summed E-state index contributed by atoms with van der Waals surface area (Å²) in [4.78, 5) is 4.40. The molecule has 5 heteroatoms. The minimum absolute atomic E-state index is 0.101. The summed E-state index contributed by atoms with van der Waals surface area (Å²) in [5, 5.41) is 8.10. The quantitative estimate of drug-likeness (QED) is 0.929. The molecule has 0 saturated heterocycles. The Kier molecular flexibility index (Phi) is 4.45. The molecule has 1 unspecified atom stereocenters. The highest BCUT2D eigenvalue weighted by molar-refractivity contribution is 6.31. The maximum absolute atomic E-state index is 6.17. The van der Waals surface area contributed by atoms with Gasteiger partial charge in [-0.1, -0.05) is 55.7 Å². The zero-order chi connectivity index (χ0) is 14.8. The second kappa shape index (κ2) is 5.94. The molecule has 0 spiro atoms. The molecule has 2 aromatic rings. The molecule has 0 bridgehead atoms. The van der Waals surface area contributed by atoms with Gasteiger partial charge in [0, 0.05) is 16.5 Å². The smallest absolute Gasteiger partial charge is 0.240 e. The van der Waals surface area contributed by atoms with Crippen LogP contribution < -0.4 is 5.32 Å². The van der Waals surface area contributed by atoms with Crippen molar-refractivity contribution in [3.05, 3.63) is 46.6 Å². The van der Waals surface area contributed by atoms with E-state index in [1.165, 1.54) is 0 Å². The monoisotopic (exact) mass is 293 g/mol. The van der Waals surface area contributed by atoms with Gasteiger partial charge in [-0.2, -0.15) is 4.98 Å². The fraction of sp³-hybridized carbons (Fsp3) is 0.467. The van der Waals surface area contributed by atoms with E-state index in [4.69, 9.17) is 16.1 Å². The number of nitrogens with one attached hydrogen (secondary N) is 1. The predicted molar refractivity (Wildman–Crippen MR) is 79.7 cm³/mol. The van der Waals surface area contributed by atoms with Gasteiger partial charge in [0.15, 0.2) is 5.82 Å². The van der Waals surface area contributed by atoms with E-state index < -0.39 is 0 Å². The van der Waals surface area contributed by atoms with Crippen LogP contribution >= 0.6 is 11.6 Å². The van der Waals surface area contributed by atoms with Crippen molar-refractivity contribution in [2.24, 2.45) is 0 Å². The number of halogens is 1. The fourth-order valence-electron chi connectivity index (χ4n) is 1.81. The number of nitrogens with zero attached hydrogens (tertiary/aromatic N) is 2. The largest absolute Gasteiger partial charge is 0.338 e. The van der Waals surface area contributed by atoms with Crippen LogP contribution in [0.4, 0.5) is 0 Å². The molecule has 20 heavy (non-hydrogen) atoms. The molecule has 108 valence electrons. The van der Waals surface area contributed by atoms with Crippen LogP contribution in [0.1, 0.15) is 51.0 Å². The van der Waals surface area contributed by atoms with E-state index in [2.05, 4.69) is 43.2 Å². The summed E-state index contributed by atoms with van der Waals surface area (Å²) in [5.74, 6) is 1.31. The van der Waals surface area contributed by atoms with Gasteiger partial charge in [0.2, 0.25) is 5.89 Å². The number of rotatable bonds is 4. The molecular formula is C15H20ClN3O. The Balaban J connectivity index is 1.99. The van der Waals surface area contributed by atoms with Gasteiger partial charge in [-0.3, -0.25) is 0 Å². The standard InChI is InChI=1S/C15H20ClN3O/c1-10(11-7-5-6-8-12(11)16)17-9-13-18-14(19-20-13)15(2,3)4/h5-8,10,17H,9H2,1-4H3. The molecule has 4 nitrogen and oxygen atoms in total. The van der Waals surface area contributed by atoms with Gasteiger partial charge in [-0.05, 0) is 18.6 Å². The molecule has 1 atom stereocenters. The zero-order valence-electron chi connectivity index (χ0n) is 12.3. The number of aromatic nitrogens is 2. The Morgan fingerprint density at radius 3 is 2.60 bits per heavy atom. The predicted octanol–water partition coefficient (Wildman–Crippen LogP) is 3.87. The van der Waals surface area contributed by atoms with Crippen molar-refractivity contribution in [3.63, 3.8) is 0 Å². The molecular weight excluding hydrogens is 274 g/mol. The average Bonchev–Trinajstić information content (AvgIpc) is 2.85. The summed E-state index contributed by atoms with van der Waals surface area (Å²) in [6, 6.07) is 7.91. The lowest BCUT2D eigenvalue weighted by Gasteiger charge is -2.14. The van der Waals surface area contributed by atoms with Gasteiger partial charge in [0.1, 0.15) is 0 Å². The first-order chi connectivity index (χ1) is 9.38. The molecule has 0 amide bonds. The number of benzene rings is 1.